The topological polar surface area (TPSA) is 66.0 Å². The van der Waals surface area contributed by atoms with Crippen LogP contribution in [0, 0.1) is 0 Å². The smallest absolute Gasteiger partial charge is 0.224 e. The van der Waals surface area contributed by atoms with Crippen LogP contribution in [0.25, 0.3) is 0 Å². The van der Waals surface area contributed by atoms with E-state index in [1.54, 1.807) is 7.11 Å². The Morgan fingerprint density at radius 3 is 2.61 bits per heavy atom. The van der Waals surface area contributed by atoms with Gasteiger partial charge in [-0.3, -0.25) is 4.79 Å². The fraction of sp³-hybridized carbons (Fsp3) is 0.381. The van der Waals surface area contributed by atoms with Crippen molar-refractivity contribution in [3.05, 3.63) is 45.9 Å². The van der Waals surface area contributed by atoms with E-state index in [1.165, 1.54) is 0 Å². The quantitative estimate of drug-likeness (QED) is 0.662. The zero-order valence-corrected chi connectivity index (χ0v) is 17.6. The number of hydrogen-bond donors (Lipinski definition) is 1. The van der Waals surface area contributed by atoms with Crippen molar-refractivity contribution >= 4 is 21.8 Å². The molecule has 0 saturated heterocycles. The summed E-state index contributed by atoms with van der Waals surface area (Å²) < 4.78 is 23.0. The lowest BCUT2D eigenvalue weighted by Crippen LogP contribution is -2.25. The molecule has 0 aromatic heterocycles. The number of halogens is 1. The SMILES string of the molecule is CCCOc1ccc(CNC(=O)Cc2cc3c(cc2Br)OCCO3)cc1OC. The molecular weight excluding hydrogens is 426 g/mol. The highest BCUT2D eigenvalue weighted by atomic mass is 79.9. The van der Waals surface area contributed by atoms with Gasteiger partial charge in [0, 0.05) is 11.0 Å². The van der Waals surface area contributed by atoms with E-state index in [0.29, 0.717) is 49.4 Å². The maximum atomic E-state index is 12.4. The van der Waals surface area contributed by atoms with Gasteiger partial charge in [-0.15, -0.1) is 0 Å². The van der Waals surface area contributed by atoms with Crippen LogP contribution in [0.3, 0.4) is 0 Å². The molecule has 7 heteroatoms. The van der Waals surface area contributed by atoms with Gasteiger partial charge in [-0.1, -0.05) is 28.9 Å². The first-order chi connectivity index (χ1) is 13.6. The van der Waals surface area contributed by atoms with Gasteiger partial charge in [0.1, 0.15) is 13.2 Å². The Morgan fingerprint density at radius 1 is 1.14 bits per heavy atom. The molecule has 1 amide bonds. The maximum absolute atomic E-state index is 12.4. The van der Waals surface area contributed by atoms with E-state index in [1.807, 2.05) is 30.3 Å². The van der Waals surface area contributed by atoms with Crippen LogP contribution in [-0.2, 0) is 17.8 Å². The summed E-state index contributed by atoms with van der Waals surface area (Å²) in [6.07, 6.45) is 1.17. The summed E-state index contributed by atoms with van der Waals surface area (Å²) in [6.45, 7) is 4.14. The molecule has 1 aliphatic heterocycles. The predicted molar refractivity (Wildman–Crippen MR) is 109 cm³/mol. The lowest BCUT2D eigenvalue weighted by atomic mass is 10.1. The normalized spacial score (nSPS) is 12.4. The van der Waals surface area contributed by atoms with Crippen molar-refractivity contribution in [1.82, 2.24) is 5.32 Å². The zero-order valence-electron chi connectivity index (χ0n) is 16.0. The highest BCUT2D eigenvalue weighted by Gasteiger charge is 2.16. The van der Waals surface area contributed by atoms with Crippen LogP contribution in [0.4, 0.5) is 0 Å². The summed E-state index contributed by atoms with van der Waals surface area (Å²) in [5, 5.41) is 2.94. The molecule has 2 aromatic rings. The molecular formula is C21H24BrNO5. The minimum Gasteiger partial charge on any atom is -0.493 e. The molecule has 0 radical (unpaired) electrons. The largest absolute Gasteiger partial charge is 0.493 e. The molecule has 0 bridgehead atoms. The van der Waals surface area contributed by atoms with Gasteiger partial charge in [0.05, 0.1) is 20.1 Å². The third kappa shape index (κ3) is 5.10. The maximum Gasteiger partial charge on any atom is 0.224 e. The number of nitrogens with one attached hydrogen (secondary N) is 1. The number of carbonyl (C=O) groups is 1. The standard InChI is InChI=1S/C21H24BrNO5/c1-3-6-26-17-5-4-14(9-18(17)25-2)13-23-21(24)11-15-10-19-20(12-16(15)22)28-8-7-27-19/h4-5,9-10,12H,3,6-8,11,13H2,1-2H3,(H,23,24). The molecule has 1 heterocycles. The molecule has 3 rings (SSSR count). The lowest BCUT2D eigenvalue weighted by molar-refractivity contribution is -0.120. The van der Waals surface area contributed by atoms with E-state index in [2.05, 4.69) is 28.2 Å². The van der Waals surface area contributed by atoms with E-state index >= 15 is 0 Å². The molecule has 0 fully saturated rings. The van der Waals surface area contributed by atoms with Crippen LogP contribution in [0.1, 0.15) is 24.5 Å². The molecule has 150 valence electrons. The van der Waals surface area contributed by atoms with E-state index in [9.17, 15) is 4.79 Å². The Balaban J connectivity index is 1.60. The Hall–Kier alpha value is -2.41. The van der Waals surface area contributed by atoms with Gasteiger partial charge in [-0.25, -0.2) is 0 Å². The molecule has 28 heavy (non-hydrogen) atoms. The van der Waals surface area contributed by atoms with Crippen LogP contribution >= 0.6 is 15.9 Å². The molecule has 6 nitrogen and oxygen atoms in total. The molecule has 1 N–H and O–H groups in total. The van der Waals surface area contributed by atoms with Crippen LogP contribution in [-0.4, -0.2) is 32.8 Å². The van der Waals surface area contributed by atoms with Gasteiger partial charge in [0.25, 0.3) is 0 Å². The number of amides is 1. The number of fused-ring (bicyclic) bond motifs is 1. The monoisotopic (exact) mass is 449 g/mol. The van der Waals surface area contributed by atoms with Crippen LogP contribution in [0.15, 0.2) is 34.8 Å². The number of rotatable bonds is 8. The molecule has 0 aliphatic carbocycles. The highest BCUT2D eigenvalue weighted by molar-refractivity contribution is 9.10. The Kier molecular flexibility index (Phi) is 7.03. The summed E-state index contributed by atoms with van der Waals surface area (Å²) in [5.74, 6) is 2.65. The third-order valence-electron chi connectivity index (χ3n) is 4.24. The Morgan fingerprint density at radius 2 is 1.89 bits per heavy atom. The Labute approximate surface area is 173 Å². The van der Waals surface area contributed by atoms with Crippen molar-refractivity contribution in [2.75, 3.05) is 26.9 Å². The summed E-state index contributed by atoms with van der Waals surface area (Å²) in [5.41, 5.74) is 1.79. The van der Waals surface area contributed by atoms with Crippen LogP contribution in [0.5, 0.6) is 23.0 Å². The third-order valence-corrected chi connectivity index (χ3v) is 4.98. The summed E-state index contributed by atoms with van der Waals surface area (Å²) in [4.78, 5) is 12.4. The van der Waals surface area contributed by atoms with E-state index < -0.39 is 0 Å². The fourth-order valence-electron chi connectivity index (χ4n) is 2.83. The number of methoxy groups -OCH3 is 1. The van der Waals surface area contributed by atoms with Crippen molar-refractivity contribution in [3.63, 3.8) is 0 Å². The number of ether oxygens (including phenoxy) is 4. The first kappa shape index (κ1) is 20.3. The summed E-state index contributed by atoms with van der Waals surface area (Å²) >= 11 is 3.50. The van der Waals surface area contributed by atoms with Crippen molar-refractivity contribution in [2.24, 2.45) is 0 Å². The van der Waals surface area contributed by atoms with Crippen LogP contribution < -0.4 is 24.3 Å². The van der Waals surface area contributed by atoms with Crippen molar-refractivity contribution in [2.45, 2.75) is 26.3 Å². The first-order valence-corrected chi connectivity index (χ1v) is 10.0. The summed E-state index contributed by atoms with van der Waals surface area (Å²) in [6, 6.07) is 9.37. The second kappa shape index (κ2) is 9.68. The summed E-state index contributed by atoms with van der Waals surface area (Å²) in [7, 11) is 1.61. The van der Waals surface area contributed by atoms with Crippen LogP contribution in [0.2, 0.25) is 0 Å². The molecule has 0 atom stereocenters. The number of benzene rings is 2. The Bertz CT molecular complexity index is 840. The van der Waals surface area contributed by atoms with E-state index in [4.69, 9.17) is 18.9 Å². The van der Waals surface area contributed by atoms with Crippen molar-refractivity contribution in [3.8, 4) is 23.0 Å². The van der Waals surface area contributed by atoms with Gasteiger partial charge in [0.15, 0.2) is 23.0 Å². The van der Waals surface area contributed by atoms with Gasteiger partial charge < -0.3 is 24.3 Å². The molecule has 0 saturated carbocycles. The van der Waals surface area contributed by atoms with Crippen molar-refractivity contribution < 1.29 is 23.7 Å². The molecule has 0 unspecified atom stereocenters. The zero-order chi connectivity index (χ0) is 19.9. The fourth-order valence-corrected chi connectivity index (χ4v) is 3.29. The lowest BCUT2D eigenvalue weighted by Gasteiger charge is -2.20. The predicted octanol–water partition coefficient (Wildman–Crippen LogP) is 3.88. The second-order valence-corrected chi connectivity index (χ2v) is 7.23. The minimum absolute atomic E-state index is 0.0809. The first-order valence-electron chi connectivity index (χ1n) is 9.25. The molecule has 2 aromatic carbocycles. The number of hydrogen-bond acceptors (Lipinski definition) is 5. The van der Waals surface area contributed by atoms with Gasteiger partial charge in [-0.05, 0) is 41.8 Å². The average Bonchev–Trinajstić information content (AvgIpc) is 2.71. The van der Waals surface area contributed by atoms with E-state index in [-0.39, 0.29) is 12.3 Å². The minimum atomic E-state index is -0.0809. The average molecular weight is 450 g/mol. The van der Waals surface area contributed by atoms with Gasteiger partial charge >= 0.3 is 0 Å². The van der Waals surface area contributed by atoms with E-state index in [0.717, 1.165) is 22.0 Å². The van der Waals surface area contributed by atoms with Gasteiger partial charge in [0.2, 0.25) is 5.91 Å². The molecule has 1 aliphatic rings. The van der Waals surface area contributed by atoms with Gasteiger partial charge in [-0.2, -0.15) is 0 Å². The van der Waals surface area contributed by atoms with Crippen molar-refractivity contribution in [1.29, 1.82) is 0 Å². The highest BCUT2D eigenvalue weighted by Crippen LogP contribution is 2.35. The molecule has 0 spiro atoms. The number of carbonyl (C=O) groups excluding carboxylic acids is 1. The second-order valence-electron chi connectivity index (χ2n) is 6.37.